The Bertz CT molecular complexity index is 751. The summed E-state index contributed by atoms with van der Waals surface area (Å²) in [7, 11) is 0. The van der Waals surface area contributed by atoms with Crippen LogP contribution in [0.5, 0.6) is 0 Å². The van der Waals surface area contributed by atoms with E-state index in [2.05, 4.69) is 66.2 Å². The molecule has 3 aromatic rings. The summed E-state index contributed by atoms with van der Waals surface area (Å²) >= 11 is 0. The highest BCUT2D eigenvalue weighted by atomic mass is 15.0. The fraction of sp³-hybridized carbons (Fsp3) is 0.222. The fourth-order valence-corrected chi connectivity index (χ4v) is 3.36. The Labute approximate surface area is 113 Å². The zero-order chi connectivity index (χ0) is 12.8. The second-order valence-corrected chi connectivity index (χ2v) is 5.67. The van der Waals surface area contributed by atoms with Gasteiger partial charge in [-0.1, -0.05) is 37.3 Å². The highest BCUT2D eigenvalue weighted by molar-refractivity contribution is 5.82. The lowest BCUT2D eigenvalue weighted by molar-refractivity contribution is 0.627. The third-order valence-corrected chi connectivity index (χ3v) is 4.23. The van der Waals surface area contributed by atoms with Crippen molar-refractivity contribution in [1.29, 1.82) is 0 Å². The minimum atomic E-state index is 0.776. The van der Waals surface area contributed by atoms with E-state index in [9.17, 15) is 0 Å². The van der Waals surface area contributed by atoms with Crippen molar-refractivity contribution in [1.82, 2.24) is 4.57 Å². The maximum Gasteiger partial charge on any atom is 0.0528 e. The molecule has 0 saturated heterocycles. The molecule has 0 spiro atoms. The van der Waals surface area contributed by atoms with E-state index in [1.54, 1.807) is 0 Å². The largest absolute Gasteiger partial charge is 0.316 e. The van der Waals surface area contributed by atoms with E-state index < -0.39 is 0 Å². The van der Waals surface area contributed by atoms with Gasteiger partial charge in [0, 0.05) is 11.9 Å². The van der Waals surface area contributed by atoms with Gasteiger partial charge in [0.25, 0.3) is 0 Å². The summed E-state index contributed by atoms with van der Waals surface area (Å²) in [5.41, 5.74) is 5.73. The Balaban J connectivity index is 1.97. The van der Waals surface area contributed by atoms with Gasteiger partial charge in [-0.15, -0.1) is 0 Å². The van der Waals surface area contributed by atoms with Gasteiger partial charge in [-0.25, -0.2) is 0 Å². The number of hydrogen-bond donors (Lipinski definition) is 0. The van der Waals surface area contributed by atoms with Crippen LogP contribution in [0, 0.1) is 5.92 Å². The summed E-state index contributed by atoms with van der Waals surface area (Å²) in [5.74, 6) is 0.776. The van der Waals surface area contributed by atoms with Crippen LogP contribution < -0.4 is 0 Å². The predicted molar refractivity (Wildman–Crippen MR) is 79.8 cm³/mol. The van der Waals surface area contributed by atoms with Crippen LogP contribution in [0.15, 0.2) is 54.7 Å². The predicted octanol–water partition coefficient (Wildman–Crippen LogP) is 4.37. The summed E-state index contributed by atoms with van der Waals surface area (Å²) < 4.78 is 2.34. The molecular weight excluding hydrogens is 230 g/mol. The van der Waals surface area contributed by atoms with Crippen molar-refractivity contribution < 1.29 is 0 Å². The molecule has 1 heterocycles. The molecule has 0 amide bonds. The van der Waals surface area contributed by atoms with Gasteiger partial charge in [-0.05, 0) is 53.5 Å². The Kier molecular flexibility index (Phi) is 2.28. The second-order valence-electron chi connectivity index (χ2n) is 5.67. The van der Waals surface area contributed by atoms with E-state index in [1.807, 2.05) is 0 Å². The quantitative estimate of drug-likeness (QED) is 0.602. The fourth-order valence-electron chi connectivity index (χ4n) is 3.36. The molecule has 1 atom stereocenters. The van der Waals surface area contributed by atoms with Crippen LogP contribution in [0.3, 0.4) is 0 Å². The molecule has 0 fully saturated rings. The maximum absolute atomic E-state index is 2.34. The molecular formula is C18H17N. The maximum atomic E-state index is 2.34. The summed E-state index contributed by atoms with van der Waals surface area (Å²) in [6.07, 6.45) is 4.63. The van der Waals surface area contributed by atoms with Crippen LogP contribution in [0.25, 0.3) is 16.6 Å². The average molecular weight is 247 g/mol. The van der Waals surface area contributed by atoms with Crippen molar-refractivity contribution in [3.8, 4) is 5.69 Å². The Morgan fingerprint density at radius 2 is 1.84 bits per heavy atom. The normalized spacial score (nSPS) is 17.8. The van der Waals surface area contributed by atoms with Crippen LogP contribution >= 0.6 is 0 Å². The number of hydrogen-bond acceptors (Lipinski definition) is 0. The first-order valence-corrected chi connectivity index (χ1v) is 7.00. The zero-order valence-electron chi connectivity index (χ0n) is 11.1. The smallest absolute Gasteiger partial charge is 0.0528 e. The van der Waals surface area contributed by atoms with E-state index >= 15 is 0 Å². The summed E-state index contributed by atoms with van der Waals surface area (Å²) in [4.78, 5) is 0. The number of benzene rings is 2. The van der Waals surface area contributed by atoms with Crippen LogP contribution in [0.2, 0.25) is 0 Å². The van der Waals surface area contributed by atoms with Gasteiger partial charge < -0.3 is 4.57 Å². The average Bonchev–Trinajstić information content (AvgIpc) is 3.00. The molecule has 1 heteroatoms. The molecule has 0 aliphatic heterocycles. The van der Waals surface area contributed by atoms with Crippen LogP contribution in [-0.2, 0) is 12.8 Å². The standard InChI is InChI=1S/C18H17N/c1-13-11-15-6-4-8-18(16(15)12-13)19-10-9-14-5-2-3-7-17(14)19/h2-10,13H,11-12H2,1H3. The molecule has 1 nitrogen and oxygen atoms in total. The van der Waals surface area contributed by atoms with Crippen molar-refractivity contribution in [2.45, 2.75) is 19.8 Å². The summed E-state index contributed by atoms with van der Waals surface area (Å²) in [5, 5.41) is 1.31. The van der Waals surface area contributed by atoms with Crippen molar-refractivity contribution in [2.24, 2.45) is 5.92 Å². The number of fused-ring (bicyclic) bond motifs is 2. The third kappa shape index (κ3) is 1.61. The van der Waals surface area contributed by atoms with E-state index in [1.165, 1.54) is 40.6 Å². The molecule has 0 N–H and O–H groups in total. The highest BCUT2D eigenvalue weighted by Crippen LogP contribution is 2.32. The first-order chi connectivity index (χ1) is 9.33. The Morgan fingerprint density at radius 1 is 0.947 bits per heavy atom. The van der Waals surface area contributed by atoms with E-state index in [0.717, 1.165) is 5.92 Å². The zero-order valence-corrected chi connectivity index (χ0v) is 11.1. The first kappa shape index (κ1) is 10.9. The van der Waals surface area contributed by atoms with Gasteiger partial charge in [-0.2, -0.15) is 0 Å². The van der Waals surface area contributed by atoms with Crippen molar-refractivity contribution in [2.75, 3.05) is 0 Å². The third-order valence-electron chi connectivity index (χ3n) is 4.23. The second kappa shape index (κ2) is 3.99. The van der Waals surface area contributed by atoms with Gasteiger partial charge in [0.05, 0.1) is 5.52 Å². The van der Waals surface area contributed by atoms with Gasteiger partial charge in [0.1, 0.15) is 0 Å². The molecule has 0 radical (unpaired) electrons. The van der Waals surface area contributed by atoms with E-state index in [0.29, 0.717) is 0 Å². The number of aromatic nitrogens is 1. The van der Waals surface area contributed by atoms with Gasteiger partial charge in [0.2, 0.25) is 0 Å². The van der Waals surface area contributed by atoms with E-state index in [4.69, 9.17) is 0 Å². The van der Waals surface area contributed by atoms with E-state index in [-0.39, 0.29) is 0 Å². The first-order valence-electron chi connectivity index (χ1n) is 7.00. The highest BCUT2D eigenvalue weighted by Gasteiger charge is 2.21. The Morgan fingerprint density at radius 3 is 2.79 bits per heavy atom. The molecule has 1 unspecified atom stereocenters. The van der Waals surface area contributed by atoms with Crippen LogP contribution in [0.4, 0.5) is 0 Å². The van der Waals surface area contributed by atoms with Crippen LogP contribution in [-0.4, -0.2) is 4.57 Å². The van der Waals surface area contributed by atoms with Crippen molar-refractivity contribution in [3.63, 3.8) is 0 Å². The molecule has 1 aliphatic carbocycles. The summed E-state index contributed by atoms with van der Waals surface area (Å²) in [6.45, 7) is 2.34. The number of nitrogens with zero attached hydrogens (tertiary/aromatic N) is 1. The molecule has 1 aromatic heterocycles. The summed E-state index contributed by atoms with van der Waals surface area (Å²) in [6, 6.07) is 17.5. The lowest BCUT2D eigenvalue weighted by Gasteiger charge is -2.11. The SMILES string of the molecule is CC1Cc2cccc(-n3ccc4ccccc43)c2C1. The monoisotopic (exact) mass is 247 g/mol. The lowest BCUT2D eigenvalue weighted by atomic mass is 10.1. The van der Waals surface area contributed by atoms with Gasteiger partial charge >= 0.3 is 0 Å². The van der Waals surface area contributed by atoms with Crippen molar-refractivity contribution in [3.05, 3.63) is 65.9 Å². The minimum Gasteiger partial charge on any atom is -0.316 e. The minimum absolute atomic E-state index is 0.776. The molecule has 0 saturated carbocycles. The Hall–Kier alpha value is -2.02. The molecule has 0 bridgehead atoms. The molecule has 19 heavy (non-hydrogen) atoms. The molecule has 1 aliphatic rings. The molecule has 4 rings (SSSR count). The molecule has 94 valence electrons. The number of para-hydroxylation sites is 1. The van der Waals surface area contributed by atoms with Crippen LogP contribution in [0.1, 0.15) is 18.1 Å². The van der Waals surface area contributed by atoms with Gasteiger partial charge in [0.15, 0.2) is 0 Å². The topological polar surface area (TPSA) is 4.93 Å². The van der Waals surface area contributed by atoms with Gasteiger partial charge in [-0.3, -0.25) is 0 Å². The van der Waals surface area contributed by atoms with Crippen molar-refractivity contribution >= 4 is 10.9 Å². The lowest BCUT2D eigenvalue weighted by Crippen LogP contribution is -1.98. The number of rotatable bonds is 1. The molecule has 2 aromatic carbocycles.